The summed E-state index contributed by atoms with van der Waals surface area (Å²) in [5, 5.41) is 3.01. The van der Waals surface area contributed by atoms with Gasteiger partial charge in [0.05, 0.1) is 10.9 Å². The van der Waals surface area contributed by atoms with E-state index in [9.17, 15) is 4.79 Å². The number of thiocarbonyl (C=S) groups is 1. The third kappa shape index (κ3) is 4.21. The third-order valence-corrected chi connectivity index (χ3v) is 3.94. The van der Waals surface area contributed by atoms with Gasteiger partial charge >= 0.3 is 0 Å². The fourth-order valence-corrected chi connectivity index (χ4v) is 2.80. The van der Waals surface area contributed by atoms with Crippen LogP contribution in [0.25, 0.3) is 0 Å². The van der Waals surface area contributed by atoms with Gasteiger partial charge in [-0.05, 0) is 32.4 Å². The first-order valence-corrected chi connectivity index (χ1v) is 7.32. The highest BCUT2D eigenvalue weighted by atomic mass is 32.1. The van der Waals surface area contributed by atoms with E-state index < -0.39 is 0 Å². The number of nitrogens with two attached hydrogens (primary N) is 1. The lowest BCUT2D eigenvalue weighted by Crippen LogP contribution is -2.44. The summed E-state index contributed by atoms with van der Waals surface area (Å²) in [6.45, 7) is 7.11. The first-order valence-electron chi connectivity index (χ1n) is 6.91. The molecule has 0 radical (unpaired) electrons. The van der Waals surface area contributed by atoms with Crippen LogP contribution in [0, 0.1) is 5.92 Å². The van der Waals surface area contributed by atoms with E-state index >= 15 is 0 Å². The molecule has 0 bridgehead atoms. The zero-order valence-corrected chi connectivity index (χ0v) is 12.3. The molecule has 0 aromatic rings. The number of rotatable bonds is 7. The minimum absolute atomic E-state index is 0.00713. The zero-order valence-electron chi connectivity index (χ0n) is 11.4. The molecule has 0 spiro atoms. The lowest BCUT2D eigenvalue weighted by atomic mass is 10.0. The Labute approximate surface area is 115 Å². The summed E-state index contributed by atoms with van der Waals surface area (Å²) in [6.07, 6.45) is 4.05. The topological polar surface area (TPSA) is 58.4 Å². The van der Waals surface area contributed by atoms with Gasteiger partial charge < -0.3 is 11.1 Å². The van der Waals surface area contributed by atoms with Gasteiger partial charge in [-0.2, -0.15) is 0 Å². The Bertz CT molecular complexity index is 296. The molecular weight excluding hydrogens is 246 g/mol. The Morgan fingerprint density at radius 1 is 1.56 bits per heavy atom. The largest absolute Gasteiger partial charge is 0.393 e. The van der Waals surface area contributed by atoms with Gasteiger partial charge in [0.1, 0.15) is 0 Å². The minimum atomic E-state index is -0.304. The number of nitrogens with zero attached hydrogens (tertiary/aromatic N) is 1. The molecule has 104 valence electrons. The lowest BCUT2D eigenvalue weighted by molar-refractivity contribution is -0.123. The van der Waals surface area contributed by atoms with Crippen LogP contribution in [-0.2, 0) is 4.79 Å². The second-order valence-electron chi connectivity index (χ2n) is 4.91. The van der Waals surface area contributed by atoms with E-state index in [0.717, 1.165) is 32.5 Å². The van der Waals surface area contributed by atoms with Gasteiger partial charge in [-0.1, -0.05) is 32.5 Å². The molecule has 2 unspecified atom stereocenters. The summed E-state index contributed by atoms with van der Waals surface area (Å²) < 4.78 is 0. The molecule has 1 amide bonds. The van der Waals surface area contributed by atoms with Crippen LogP contribution in [0.2, 0.25) is 0 Å². The average Bonchev–Trinajstić information content (AvgIpc) is 2.79. The molecule has 0 aliphatic carbocycles. The molecule has 1 heterocycles. The van der Waals surface area contributed by atoms with Crippen molar-refractivity contribution in [1.82, 2.24) is 10.2 Å². The van der Waals surface area contributed by atoms with E-state index in [0.29, 0.717) is 11.0 Å². The number of nitrogens with one attached hydrogen (secondary N) is 1. The molecule has 0 saturated carbocycles. The number of hydrogen-bond acceptors (Lipinski definition) is 3. The average molecular weight is 271 g/mol. The van der Waals surface area contributed by atoms with Crippen molar-refractivity contribution in [3.8, 4) is 0 Å². The van der Waals surface area contributed by atoms with Crippen molar-refractivity contribution in [2.24, 2.45) is 11.7 Å². The number of hydrogen-bond donors (Lipinski definition) is 2. The molecule has 2 atom stereocenters. The third-order valence-electron chi connectivity index (χ3n) is 3.65. The van der Waals surface area contributed by atoms with Crippen LogP contribution < -0.4 is 11.1 Å². The summed E-state index contributed by atoms with van der Waals surface area (Å²) in [7, 11) is 0. The van der Waals surface area contributed by atoms with Crippen LogP contribution in [0.4, 0.5) is 0 Å². The molecule has 0 aromatic carbocycles. The van der Waals surface area contributed by atoms with Crippen LogP contribution >= 0.6 is 12.2 Å². The Morgan fingerprint density at radius 2 is 2.28 bits per heavy atom. The standard InChI is InChI=1S/C13H25N3OS/c1-3-6-11(12(14)18)13(17)15-9-10-7-5-8-16(10)4-2/h10-11H,3-9H2,1-2H3,(H2,14,18)(H,15,17). The maximum Gasteiger partial charge on any atom is 0.229 e. The maximum absolute atomic E-state index is 12.0. The Balaban J connectivity index is 2.41. The van der Waals surface area contributed by atoms with Crippen molar-refractivity contribution in [3.63, 3.8) is 0 Å². The monoisotopic (exact) mass is 271 g/mol. The molecule has 1 fully saturated rings. The molecular formula is C13H25N3OS. The molecule has 5 heteroatoms. The van der Waals surface area contributed by atoms with Crippen molar-refractivity contribution >= 4 is 23.1 Å². The minimum Gasteiger partial charge on any atom is -0.393 e. The van der Waals surface area contributed by atoms with E-state index in [4.69, 9.17) is 18.0 Å². The van der Waals surface area contributed by atoms with Crippen molar-refractivity contribution < 1.29 is 4.79 Å². The Kier molecular flexibility index (Phi) is 6.57. The fourth-order valence-electron chi connectivity index (χ4n) is 2.58. The predicted octanol–water partition coefficient (Wildman–Crippen LogP) is 1.29. The smallest absolute Gasteiger partial charge is 0.229 e. The number of likely N-dealkylation sites (tertiary alicyclic amines) is 1. The summed E-state index contributed by atoms with van der Waals surface area (Å²) in [4.78, 5) is 14.8. The second-order valence-corrected chi connectivity index (χ2v) is 5.38. The normalized spacial score (nSPS) is 21.8. The Morgan fingerprint density at radius 3 is 2.83 bits per heavy atom. The SMILES string of the molecule is CCCC(C(=O)NCC1CCCN1CC)C(N)=S. The van der Waals surface area contributed by atoms with Gasteiger partial charge in [-0.25, -0.2) is 0 Å². The van der Waals surface area contributed by atoms with Crippen LogP contribution in [0.5, 0.6) is 0 Å². The summed E-state index contributed by atoms with van der Waals surface area (Å²) >= 11 is 4.96. The van der Waals surface area contributed by atoms with Crippen LogP contribution in [0.1, 0.15) is 39.5 Å². The van der Waals surface area contributed by atoms with Crippen molar-refractivity contribution in [2.75, 3.05) is 19.6 Å². The molecule has 18 heavy (non-hydrogen) atoms. The summed E-state index contributed by atoms with van der Waals surface area (Å²) in [5.74, 6) is -0.311. The fraction of sp³-hybridized carbons (Fsp3) is 0.846. The maximum atomic E-state index is 12.0. The highest BCUT2D eigenvalue weighted by molar-refractivity contribution is 7.80. The van der Waals surface area contributed by atoms with Gasteiger partial charge in [0.2, 0.25) is 5.91 Å². The number of carbonyl (C=O) groups is 1. The van der Waals surface area contributed by atoms with Gasteiger partial charge in [0.25, 0.3) is 0 Å². The first-order chi connectivity index (χ1) is 8.60. The molecule has 1 saturated heterocycles. The zero-order chi connectivity index (χ0) is 13.5. The molecule has 1 rings (SSSR count). The molecule has 3 N–H and O–H groups in total. The molecule has 1 aliphatic rings. The Hall–Kier alpha value is -0.680. The van der Waals surface area contributed by atoms with Crippen LogP contribution in [0.15, 0.2) is 0 Å². The number of carbonyl (C=O) groups excluding carboxylic acids is 1. The van der Waals surface area contributed by atoms with E-state index in [1.54, 1.807) is 0 Å². The number of likely N-dealkylation sites (N-methyl/N-ethyl adjacent to an activating group) is 1. The lowest BCUT2D eigenvalue weighted by Gasteiger charge is -2.24. The van der Waals surface area contributed by atoms with E-state index in [1.807, 2.05) is 6.92 Å². The quantitative estimate of drug-likeness (QED) is 0.685. The van der Waals surface area contributed by atoms with Gasteiger partial charge in [0.15, 0.2) is 0 Å². The van der Waals surface area contributed by atoms with Crippen molar-refractivity contribution in [1.29, 1.82) is 0 Å². The summed E-state index contributed by atoms with van der Waals surface area (Å²) in [5.41, 5.74) is 5.62. The van der Waals surface area contributed by atoms with Crippen molar-refractivity contribution in [3.05, 3.63) is 0 Å². The molecule has 1 aliphatic heterocycles. The molecule has 0 aromatic heterocycles. The predicted molar refractivity (Wildman–Crippen MR) is 78.5 cm³/mol. The van der Waals surface area contributed by atoms with E-state index in [2.05, 4.69) is 17.1 Å². The van der Waals surface area contributed by atoms with Gasteiger partial charge in [0, 0.05) is 12.6 Å². The molecule has 4 nitrogen and oxygen atoms in total. The van der Waals surface area contributed by atoms with Gasteiger partial charge in [-0.3, -0.25) is 9.69 Å². The van der Waals surface area contributed by atoms with Crippen molar-refractivity contribution in [2.45, 2.75) is 45.6 Å². The van der Waals surface area contributed by atoms with Gasteiger partial charge in [-0.15, -0.1) is 0 Å². The number of amides is 1. The first kappa shape index (κ1) is 15.4. The highest BCUT2D eigenvalue weighted by Crippen LogP contribution is 2.16. The highest BCUT2D eigenvalue weighted by Gasteiger charge is 2.25. The van der Waals surface area contributed by atoms with Crippen LogP contribution in [0.3, 0.4) is 0 Å². The van der Waals surface area contributed by atoms with E-state index in [1.165, 1.54) is 12.8 Å². The summed E-state index contributed by atoms with van der Waals surface area (Å²) in [6, 6.07) is 0.479. The second kappa shape index (κ2) is 7.69. The van der Waals surface area contributed by atoms with Crippen LogP contribution in [-0.4, -0.2) is 41.5 Å². The van der Waals surface area contributed by atoms with E-state index in [-0.39, 0.29) is 11.8 Å².